The zero-order valence-corrected chi connectivity index (χ0v) is 11.7. The molecule has 0 aromatic heterocycles. The third-order valence-electron chi connectivity index (χ3n) is 3.97. The highest BCUT2D eigenvalue weighted by molar-refractivity contribution is 5.88. The maximum absolute atomic E-state index is 12.7. The summed E-state index contributed by atoms with van der Waals surface area (Å²) in [6, 6.07) is 12.1. The van der Waals surface area contributed by atoms with Gasteiger partial charge in [-0.25, -0.2) is 0 Å². The summed E-state index contributed by atoms with van der Waals surface area (Å²) in [6.07, 6.45) is 2.84. The number of piperidine rings is 1. The molecule has 0 unspecified atom stereocenters. The number of hydrogen-bond acceptors (Lipinski definition) is 3. The summed E-state index contributed by atoms with van der Waals surface area (Å²) in [5.74, 6) is 0.100. The smallest absolute Gasteiger partial charge is 0.230 e. The van der Waals surface area contributed by atoms with Gasteiger partial charge in [0.25, 0.3) is 0 Å². The Morgan fingerprint density at radius 1 is 1.30 bits per heavy atom. The molecule has 0 bridgehead atoms. The lowest BCUT2D eigenvalue weighted by atomic mass is 9.72. The average molecular weight is 271 g/mol. The number of nitrogens with one attached hydrogen (secondary N) is 2. The molecule has 106 valence electrons. The van der Waals surface area contributed by atoms with E-state index in [1.807, 2.05) is 30.3 Å². The fraction of sp³-hybridized carbons (Fsp3) is 0.500. The third-order valence-corrected chi connectivity index (χ3v) is 3.97. The van der Waals surface area contributed by atoms with Gasteiger partial charge in [0.2, 0.25) is 5.91 Å². The van der Waals surface area contributed by atoms with Gasteiger partial charge in [-0.15, -0.1) is 0 Å². The number of unbranched alkanes of at least 4 members (excludes halogenated alkanes) is 1. The third kappa shape index (κ3) is 3.17. The Morgan fingerprint density at radius 3 is 2.65 bits per heavy atom. The lowest BCUT2D eigenvalue weighted by Gasteiger charge is -2.36. The van der Waals surface area contributed by atoms with Crippen molar-refractivity contribution in [3.8, 4) is 6.07 Å². The van der Waals surface area contributed by atoms with E-state index in [4.69, 9.17) is 5.26 Å². The molecular weight excluding hydrogens is 250 g/mol. The maximum Gasteiger partial charge on any atom is 0.230 e. The molecule has 1 aromatic rings. The van der Waals surface area contributed by atoms with Crippen LogP contribution in [-0.4, -0.2) is 25.5 Å². The van der Waals surface area contributed by atoms with E-state index in [0.717, 1.165) is 31.5 Å². The molecule has 1 amide bonds. The molecule has 1 heterocycles. The summed E-state index contributed by atoms with van der Waals surface area (Å²) in [7, 11) is 0. The van der Waals surface area contributed by atoms with Crippen LogP contribution < -0.4 is 10.6 Å². The van der Waals surface area contributed by atoms with Crippen molar-refractivity contribution in [2.45, 2.75) is 31.1 Å². The highest BCUT2D eigenvalue weighted by atomic mass is 16.2. The standard InChI is InChI=1S/C16H21N3O/c17-10-4-5-11-19-15(20)16(8-12-18-13-9-16)14-6-2-1-3-7-14/h1-3,6-7,18H,4-5,8-9,11-13H2,(H,19,20). The molecule has 0 atom stereocenters. The highest BCUT2D eigenvalue weighted by Crippen LogP contribution is 2.33. The van der Waals surface area contributed by atoms with Gasteiger partial charge in [-0.3, -0.25) is 4.79 Å². The van der Waals surface area contributed by atoms with Gasteiger partial charge in [0, 0.05) is 13.0 Å². The number of benzene rings is 1. The summed E-state index contributed by atoms with van der Waals surface area (Å²) in [4.78, 5) is 12.7. The molecule has 20 heavy (non-hydrogen) atoms. The summed E-state index contributed by atoms with van der Waals surface area (Å²) in [5.41, 5.74) is 0.679. The van der Waals surface area contributed by atoms with E-state index in [2.05, 4.69) is 16.7 Å². The Labute approximate surface area is 120 Å². The molecule has 1 fully saturated rings. The first-order chi connectivity index (χ1) is 9.79. The van der Waals surface area contributed by atoms with Crippen LogP contribution in [-0.2, 0) is 10.2 Å². The van der Waals surface area contributed by atoms with Gasteiger partial charge in [-0.05, 0) is 37.9 Å². The quantitative estimate of drug-likeness (QED) is 0.802. The zero-order chi connectivity index (χ0) is 14.3. The Morgan fingerprint density at radius 2 is 2.00 bits per heavy atom. The number of nitriles is 1. The van der Waals surface area contributed by atoms with Crippen molar-refractivity contribution < 1.29 is 4.79 Å². The Hall–Kier alpha value is -1.86. The molecule has 2 N–H and O–H groups in total. The predicted molar refractivity (Wildman–Crippen MR) is 78.1 cm³/mol. The molecule has 1 aliphatic rings. The Bertz CT molecular complexity index is 472. The first-order valence-corrected chi connectivity index (χ1v) is 7.21. The normalized spacial score (nSPS) is 17.1. The lowest BCUT2D eigenvalue weighted by molar-refractivity contribution is -0.127. The lowest BCUT2D eigenvalue weighted by Crippen LogP contribution is -2.50. The molecule has 4 heteroatoms. The minimum Gasteiger partial charge on any atom is -0.355 e. The molecule has 0 aliphatic carbocycles. The van der Waals surface area contributed by atoms with Crippen molar-refractivity contribution in [2.75, 3.05) is 19.6 Å². The van der Waals surface area contributed by atoms with Crippen molar-refractivity contribution in [1.29, 1.82) is 5.26 Å². The van der Waals surface area contributed by atoms with Crippen molar-refractivity contribution in [3.05, 3.63) is 35.9 Å². The van der Waals surface area contributed by atoms with Gasteiger partial charge in [0.05, 0.1) is 11.5 Å². The van der Waals surface area contributed by atoms with Crippen molar-refractivity contribution in [3.63, 3.8) is 0 Å². The van der Waals surface area contributed by atoms with Crippen LogP contribution in [0.4, 0.5) is 0 Å². The largest absolute Gasteiger partial charge is 0.355 e. The fourth-order valence-corrected chi connectivity index (χ4v) is 2.80. The topological polar surface area (TPSA) is 64.9 Å². The van der Waals surface area contributed by atoms with E-state index >= 15 is 0 Å². The average Bonchev–Trinajstić information content (AvgIpc) is 2.53. The number of nitrogens with zero attached hydrogens (tertiary/aromatic N) is 1. The molecule has 4 nitrogen and oxygen atoms in total. The first-order valence-electron chi connectivity index (χ1n) is 7.21. The Kier molecular flexibility index (Phi) is 5.14. The van der Waals surface area contributed by atoms with Gasteiger partial charge >= 0.3 is 0 Å². The van der Waals surface area contributed by atoms with Crippen LogP contribution in [0.2, 0.25) is 0 Å². The van der Waals surface area contributed by atoms with Crippen molar-refractivity contribution in [1.82, 2.24) is 10.6 Å². The molecule has 1 aromatic carbocycles. The minimum absolute atomic E-state index is 0.100. The van der Waals surface area contributed by atoms with Crippen LogP contribution in [0.15, 0.2) is 30.3 Å². The second-order valence-corrected chi connectivity index (χ2v) is 5.22. The van der Waals surface area contributed by atoms with Gasteiger partial charge in [0.1, 0.15) is 0 Å². The zero-order valence-electron chi connectivity index (χ0n) is 11.7. The molecule has 1 aliphatic heterocycles. The fourth-order valence-electron chi connectivity index (χ4n) is 2.80. The predicted octanol–water partition coefficient (Wildman–Crippen LogP) is 1.73. The molecule has 2 rings (SSSR count). The minimum atomic E-state index is -0.418. The number of amides is 1. The van der Waals surface area contributed by atoms with Crippen molar-refractivity contribution in [2.24, 2.45) is 0 Å². The number of hydrogen-bond donors (Lipinski definition) is 2. The van der Waals surface area contributed by atoms with Crippen LogP contribution in [0.1, 0.15) is 31.2 Å². The molecule has 0 radical (unpaired) electrons. The first kappa shape index (κ1) is 14.5. The summed E-state index contributed by atoms with van der Waals surface area (Å²) < 4.78 is 0. The van der Waals surface area contributed by atoms with E-state index in [-0.39, 0.29) is 5.91 Å². The summed E-state index contributed by atoms with van der Waals surface area (Å²) in [5, 5.41) is 14.9. The second-order valence-electron chi connectivity index (χ2n) is 5.22. The SMILES string of the molecule is N#CCCCNC(=O)C1(c2ccccc2)CCNCC1. The summed E-state index contributed by atoms with van der Waals surface area (Å²) >= 11 is 0. The maximum atomic E-state index is 12.7. The van der Waals surface area contributed by atoms with Gasteiger partial charge in [-0.2, -0.15) is 5.26 Å². The van der Waals surface area contributed by atoms with Gasteiger partial charge < -0.3 is 10.6 Å². The van der Waals surface area contributed by atoms with Gasteiger partial charge in [0.15, 0.2) is 0 Å². The monoisotopic (exact) mass is 271 g/mol. The van der Waals surface area contributed by atoms with Crippen LogP contribution in [0.5, 0.6) is 0 Å². The van der Waals surface area contributed by atoms with Crippen LogP contribution in [0.25, 0.3) is 0 Å². The number of rotatable bonds is 5. The van der Waals surface area contributed by atoms with E-state index in [9.17, 15) is 4.79 Å². The molecule has 0 saturated carbocycles. The molecule has 0 spiro atoms. The van der Waals surface area contributed by atoms with E-state index < -0.39 is 5.41 Å². The van der Waals surface area contributed by atoms with E-state index in [0.29, 0.717) is 19.4 Å². The van der Waals surface area contributed by atoms with Crippen LogP contribution in [0, 0.1) is 11.3 Å². The van der Waals surface area contributed by atoms with Crippen LogP contribution >= 0.6 is 0 Å². The van der Waals surface area contributed by atoms with Gasteiger partial charge in [-0.1, -0.05) is 30.3 Å². The Balaban J connectivity index is 2.11. The van der Waals surface area contributed by atoms with E-state index in [1.165, 1.54) is 0 Å². The number of carbonyl (C=O) groups excluding carboxylic acids is 1. The summed E-state index contributed by atoms with van der Waals surface area (Å²) in [6.45, 7) is 2.30. The van der Waals surface area contributed by atoms with Crippen molar-refractivity contribution >= 4 is 5.91 Å². The highest BCUT2D eigenvalue weighted by Gasteiger charge is 2.40. The van der Waals surface area contributed by atoms with E-state index in [1.54, 1.807) is 0 Å². The van der Waals surface area contributed by atoms with Crippen LogP contribution in [0.3, 0.4) is 0 Å². The number of carbonyl (C=O) groups is 1. The second kappa shape index (κ2) is 7.06. The molecule has 1 saturated heterocycles. The molecular formula is C16H21N3O.